The van der Waals surface area contributed by atoms with Crippen molar-refractivity contribution in [3.63, 3.8) is 0 Å². The zero-order valence-corrected chi connectivity index (χ0v) is 32.4. The summed E-state index contributed by atoms with van der Waals surface area (Å²) in [6.45, 7) is 22.8. The van der Waals surface area contributed by atoms with Crippen molar-refractivity contribution in [3.05, 3.63) is 43.7 Å². The normalized spacial score (nSPS) is 24.7. The molecule has 18 heteroatoms. The summed E-state index contributed by atoms with van der Waals surface area (Å²) in [7, 11) is -8.55. The number of carbonyl (C=O) groups is 2. The van der Waals surface area contributed by atoms with Crippen LogP contribution in [0, 0.1) is 6.92 Å². The molecule has 4 atom stereocenters. The number of rotatable bonds is 8. The van der Waals surface area contributed by atoms with E-state index in [1.54, 1.807) is 6.92 Å². The summed E-state index contributed by atoms with van der Waals surface area (Å²) < 4.78 is 59.6. The number of nitrogens with zero attached hydrogens (tertiary/aromatic N) is 2. The summed E-state index contributed by atoms with van der Waals surface area (Å²) in [5, 5.41) is 4.53. The molecule has 0 aromatic carbocycles. The Kier molecular flexibility index (Phi) is 10.8. The van der Waals surface area contributed by atoms with Crippen LogP contribution in [0.1, 0.15) is 60.3 Å². The first-order chi connectivity index (χ1) is 21.2. The highest BCUT2D eigenvalue weighted by Crippen LogP contribution is 2.52. The molecule has 2 aliphatic rings. The van der Waals surface area contributed by atoms with Crippen molar-refractivity contribution in [2.24, 2.45) is 7.05 Å². The molecule has 1 spiro atoms. The molecule has 0 bridgehead atoms. The van der Waals surface area contributed by atoms with Crippen LogP contribution < -0.4 is 21.9 Å². The quantitative estimate of drug-likeness (QED) is 0.296. The van der Waals surface area contributed by atoms with Crippen LogP contribution in [0.5, 0.6) is 0 Å². The molecule has 3 heterocycles. The van der Waals surface area contributed by atoms with Crippen molar-refractivity contribution in [1.29, 1.82) is 0 Å². The van der Waals surface area contributed by atoms with E-state index in [9.17, 15) is 27.6 Å². The Balaban J connectivity index is 2.34. The van der Waals surface area contributed by atoms with Gasteiger partial charge in [0.05, 0.1) is 24.3 Å². The maximum absolute atomic E-state index is 13.6. The molecule has 2 aliphatic heterocycles. The van der Waals surface area contributed by atoms with Crippen LogP contribution in [-0.4, -0.2) is 77.3 Å². The highest BCUT2D eigenvalue weighted by Gasteiger charge is 2.68. The number of hydrogen-bond donors (Lipinski definition) is 2. The Hall–Kier alpha value is -2.62. The lowest BCUT2D eigenvalue weighted by Gasteiger charge is -2.44. The molecule has 1 saturated heterocycles. The van der Waals surface area contributed by atoms with Crippen LogP contribution in [0.3, 0.4) is 0 Å². The van der Waals surface area contributed by atoms with Gasteiger partial charge < -0.3 is 23.6 Å². The van der Waals surface area contributed by atoms with Crippen molar-refractivity contribution in [3.8, 4) is 0 Å². The highest BCUT2D eigenvalue weighted by molar-refractivity contribution is 7.90. The number of alkyl carbamates (subject to hydrolysis) is 1. The van der Waals surface area contributed by atoms with Crippen LogP contribution >= 0.6 is 0 Å². The summed E-state index contributed by atoms with van der Waals surface area (Å²) in [4.78, 5) is 51.5. The first-order valence-electron chi connectivity index (χ1n) is 15.4. The largest absolute Gasteiger partial charge is 0.450 e. The molecule has 3 rings (SSSR count). The number of carbonyl (C=O) groups excluding carboxylic acids is 2. The number of hydrogen-bond acceptors (Lipinski definition) is 11. The number of aryl methyl sites for hydroxylation is 1. The highest BCUT2D eigenvalue weighted by atomic mass is 32.2. The third kappa shape index (κ3) is 7.68. The number of ether oxygens (including phenoxy) is 2. The van der Waals surface area contributed by atoms with Crippen LogP contribution in [0.2, 0.25) is 36.3 Å². The van der Waals surface area contributed by atoms with E-state index in [0.29, 0.717) is 0 Å². The zero-order chi connectivity index (χ0) is 36.1. The predicted molar refractivity (Wildman–Crippen MR) is 179 cm³/mol. The Morgan fingerprint density at radius 2 is 1.62 bits per heavy atom. The van der Waals surface area contributed by atoms with Crippen molar-refractivity contribution >= 4 is 38.9 Å². The van der Waals surface area contributed by atoms with Crippen LogP contribution in [-0.2, 0) is 39.7 Å². The molecule has 47 heavy (non-hydrogen) atoms. The van der Waals surface area contributed by atoms with Crippen LogP contribution in [0.25, 0.3) is 0 Å². The first kappa shape index (κ1) is 38.8. The summed E-state index contributed by atoms with van der Waals surface area (Å²) >= 11 is 0. The molecule has 0 saturated carbocycles. The SMILES string of the molecule is CCOC(=O)NC(=O)NC1=CS(=O)(=O)OC12C(CO[Si](C)(C)C(C)(C)C)O[C@@H](n1cc(C)c(=O)n(C)c1=O)[C@@H]2O[Si](C)(C)C(C)(C)C. The van der Waals surface area contributed by atoms with Crippen LogP contribution in [0.15, 0.2) is 26.9 Å². The molecule has 1 fully saturated rings. The van der Waals surface area contributed by atoms with Gasteiger partial charge in [-0.2, -0.15) is 8.42 Å². The van der Waals surface area contributed by atoms with Crippen molar-refractivity contribution < 1.29 is 40.5 Å². The summed E-state index contributed by atoms with van der Waals surface area (Å²) in [6.07, 6.45) is -3.72. The second-order valence-corrected chi connectivity index (χ2v) is 25.9. The van der Waals surface area contributed by atoms with Gasteiger partial charge in [0, 0.05) is 18.8 Å². The monoisotopic (exact) mass is 718 g/mol. The van der Waals surface area contributed by atoms with Gasteiger partial charge in [0.15, 0.2) is 28.5 Å². The molecular weight excluding hydrogens is 669 g/mol. The average molecular weight is 719 g/mol. The second-order valence-electron chi connectivity index (χ2n) is 15.0. The molecule has 1 aromatic heterocycles. The van der Waals surface area contributed by atoms with Gasteiger partial charge >= 0.3 is 17.8 Å². The van der Waals surface area contributed by atoms with Gasteiger partial charge in [0.2, 0.25) is 0 Å². The third-order valence-electron chi connectivity index (χ3n) is 9.53. The molecule has 1 aromatic rings. The summed E-state index contributed by atoms with van der Waals surface area (Å²) in [5.74, 6) is 0. The van der Waals surface area contributed by atoms with Gasteiger partial charge in [0.25, 0.3) is 15.7 Å². The summed E-state index contributed by atoms with van der Waals surface area (Å²) in [6, 6.07) is -1.09. The van der Waals surface area contributed by atoms with Crippen molar-refractivity contribution in [1.82, 2.24) is 19.8 Å². The topological polar surface area (TPSA) is 182 Å². The fourth-order valence-corrected chi connectivity index (χ4v) is 8.28. The molecule has 0 aliphatic carbocycles. The zero-order valence-electron chi connectivity index (χ0n) is 29.6. The Labute approximate surface area is 278 Å². The van der Waals surface area contributed by atoms with Gasteiger partial charge in [-0.15, -0.1) is 0 Å². The lowest BCUT2D eigenvalue weighted by Crippen LogP contribution is -2.60. The molecule has 266 valence electrons. The lowest BCUT2D eigenvalue weighted by atomic mass is 9.89. The predicted octanol–water partition coefficient (Wildman–Crippen LogP) is 3.56. The maximum Gasteiger partial charge on any atom is 0.415 e. The molecule has 3 amide bonds. The number of amides is 3. The van der Waals surface area contributed by atoms with Gasteiger partial charge in [-0.05, 0) is 50.1 Å². The lowest BCUT2D eigenvalue weighted by molar-refractivity contribution is -0.0571. The van der Waals surface area contributed by atoms with E-state index in [1.165, 1.54) is 24.7 Å². The molecule has 2 N–H and O–H groups in total. The molecule has 15 nitrogen and oxygen atoms in total. The van der Waals surface area contributed by atoms with Crippen molar-refractivity contribution in [2.75, 3.05) is 13.2 Å². The van der Waals surface area contributed by atoms with Gasteiger partial charge in [-0.3, -0.25) is 13.9 Å². The standard InChI is InChI=1S/C29H50N4O11SSi2/c1-14-40-25(36)31-24(35)30-19-17-45(38,39)44-29(19)20(16-41-46(10,11)27(3,4)5)42-23(21(29)43-47(12,13)28(6,7)8)33-15-18(2)22(34)32(9)26(33)37/h15,17,20-21,23H,14,16H2,1-13H3,(H2,30,31,35,36)/t20?,21-,23+,29?/m0/s1. The maximum atomic E-state index is 13.6. The third-order valence-corrected chi connectivity index (χ3v) is 19.5. The molecular formula is C29H50N4O11SSi2. The number of urea groups is 1. The molecule has 2 unspecified atom stereocenters. The number of nitrogens with one attached hydrogen (secondary N) is 2. The van der Waals surface area contributed by atoms with E-state index < -0.39 is 79.2 Å². The van der Waals surface area contributed by atoms with Crippen LogP contribution in [0.4, 0.5) is 9.59 Å². The Morgan fingerprint density at radius 3 is 2.15 bits per heavy atom. The van der Waals surface area contributed by atoms with Gasteiger partial charge in [-0.1, -0.05) is 41.5 Å². The van der Waals surface area contributed by atoms with Gasteiger partial charge in [-0.25, -0.2) is 23.9 Å². The summed E-state index contributed by atoms with van der Waals surface area (Å²) in [5.41, 5.74) is -3.43. The molecule has 0 radical (unpaired) electrons. The fraction of sp³-hybridized carbons (Fsp3) is 0.724. The Morgan fingerprint density at radius 1 is 1.04 bits per heavy atom. The van der Waals surface area contributed by atoms with E-state index in [-0.39, 0.29) is 29.5 Å². The fourth-order valence-electron chi connectivity index (χ4n) is 4.74. The first-order valence-corrected chi connectivity index (χ1v) is 22.7. The number of imide groups is 1. The van der Waals surface area contributed by atoms with E-state index in [0.717, 1.165) is 9.98 Å². The second kappa shape index (κ2) is 13.0. The van der Waals surface area contributed by atoms with Gasteiger partial charge in [0.1, 0.15) is 12.2 Å². The smallest absolute Gasteiger partial charge is 0.415 e. The minimum Gasteiger partial charge on any atom is -0.450 e. The van der Waals surface area contributed by atoms with E-state index >= 15 is 0 Å². The minimum atomic E-state index is -4.50. The minimum absolute atomic E-state index is 0.0121. The average Bonchev–Trinajstić information content (AvgIpc) is 3.34. The van der Waals surface area contributed by atoms with E-state index in [4.69, 9.17) is 22.5 Å². The Bertz CT molecular complexity index is 1660. The van der Waals surface area contributed by atoms with Crippen molar-refractivity contribution in [2.45, 2.75) is 116 Å². The number of aromatic nitrogens is 2. The van der Waals surface area contributed by atoms with E-state index in [1.807, 2.05) is 73.0 Å². The van der Waals surface area contributed by atoms with E-state index in [2.05, 4.69) is 5.32 Å².